The fourth-order valence-electron chi connectivity index (χ4n) is 1.11. The van der Waals surface area contributed by atoms with Gasteiger partial charge in [0.05, 0.1) is 6.61 Å². The van der Waals surface area contributed by atoms with Crippen LogP contribution in [0.15, 0.2) is 0 Å². The van der Waals surface area contributed by atoms with Gasteiger partial charge in [0.1, 0.15) is 0 Å². The van der Waals surface area contributed by atoms with Crippen molar-refractivity contribution in [3.8, 4) is 0 Å². The van der Waals surface area contributed by atoms with Crippen molar-refractivity contribution in [2.75, 3.05) is 19.7 Å². The third-order valence-corrected chi connectivity index (χ3v) is 2.01. The molecule has 2 nitrogen and oxygen atoms in total. The van der Waals surface area contributed by atoms with Crippen LogP contribution >= 0.6 is 12.2 Å². The highest BCUT2D eigenvalue weighted by Crippen LogP contribution is 2.08. The van der Waals surface area contributed by atoms with Gasteiger partial charge in [0.25, 0.3) is 5.17 Å². The molecule has 0 spiro atoms. The minimum Gasteiger partial charge on any atom is -0.471 e. The molecule has 0 saturated carbocycles. The SMILES string of the molecule is CCOC(=S)N1CCCC1. The van der Waals surface area contributed by atoms with Crippen molar-refractivity contribution in [3.05, 3.63) is 0 Å². The number of hydrogen-bond donors (Lipinski definition) is 0. The molecule has 1 aliphatic heterocycles. The minimum absolute atomic E-state index is 0.681. The highest BCUT2D eigenvalue weighted by Gasteiger charge is 2.14. The van der Waals surface area contributed by atoms with Crippen LogP contribution in [-0.4, -0.2) is 29.8 Å². The molecule has 1 aliphatic rings. The van der Waals surface area contributed by atoms with Crippen LogP contribution in [0.1, 0.15) is 19.8 Å². The summed E-state index contributed by atoms with van der Waals surface area (Å²) in [6.45, 7) is 4.81. The first kappa shape index (κ1) is 7.79. The molecular formula is C7H13NOS. The molecule has 0 aliphatic carbocycles. The lowest BCUT2D eigenvalue weighted by molar-refractivity contribution is 0.273. The summed E-state index contributed by atoms with van der Waals surface area (Å²) in [4.78, 5) is 2.12. The molecular weight excluding hydrogens is 146 g/mol. The number of thiocarbonyl (C=S) groups is 1. The normalized spacial score (nSPS) is 17.5. The Balaban J connectivity index is 2.25. The Labute approximate surface area is 67.2 Å². The molecule has 0 atom stereocenters. The van der Waals surface area contributed by atoms with Gasteiger partial charge in [-0.1, -0.05) is 0 Å². The number of nitrogens with zero attached hydrogens (tertiary/aromatic N) is 1. The molecule has 58 valence electrons. The van der Waals surface area contributed by atoms with Gasteiger partial charge < -0.3 is 9.64 Å². The van der Waals surface area contributed by atoms with Crippen molar-refractivity contribution in [1.82, 2.24) is 4.90 Å². The molecule has 1 saturated heterocycles. The van der Waals surface area contributed by atoms with Gasteiger partial charge >= 0.3 is 0 Å². The molecule has 0 aromatic carbocycles. The second kappa shape index (κ2) is 3.76. The highest BCUT2D eigenvalue weighted by molar-refractivity contribution is 7.80. The van der Waals surface area contributed by atoms with Crippen LogP contribution in [0.4, 0.5) is 0 Å². The molecule has 10 heavy (non-hydrogen) atoms. The van der Waals surface area contributed by atoms with E-state index < -0.39 is 0 Å². The molecule has 0 aromatic heterocycles. The number of rotatable bonds is 1. The maximum Gasteiger partial charge on any atom is 0.259 e. The van der Waals surface area contributed by atoms with Crippen molar-refractivity contribution < 1.29 is 4.74 Å². The Morgan fingerprint density at radius 3 is 2.60 bits per heavy atom. The first-order valence-electron chi connectivity index (χ1n) is 3.76. The van der Waals surface area contributed by atoms with Gasteiger partial charge in [-0.25, -0.2) is 0 Å². The average Bonchev–Trinajstić information content (AvgIpc) is 2.38. The fraction of sp³-hybridized carbons (Fsp3) is 0.857. The molecule has 0 radical (unpaired) electrons. The predicted molar refractivity (Wildman–Crippen MR) is 45.0 cm³/mol. The van der Waals surface area contributed by atoms with E-state index in [1.54, 1.807) is 0 Å². The predicted octanol–water partition coefficient (Wildman–Crippen LogP) is 1.40. The summed E-state index contributed by atoms with van der Waals surface area (Å²) in [5.41, 5.74) is 0. The number of ether oxygens (including phenoxy) is 1. The van der Waals surface area contributed by atoms with Crippen LogP contribution in [0.25, 0.3) is 0 Å². The van der Waals surface area contributed by atoms with Crippen LogP contribution in [0, 0.1) is 0 Å². The summed E-state index contributed by atoms with van der Waals surface area (Å²) < 4.78 is 5.18. The minimum atomic E-state index is 0.681. The van der Waals surface area contributed by atoms with Crippen molar-refractivity contribution >= 4 is 17.4 Å². The van der Waals surface area contributed by atoms with Gasteiger partial charge in [-0.05, 0) is 32.0 Å². The van der Waals surface area contributed by atoms with Crippen LogP contribution in [-0.2, 0) is 4.74 Å². The first-order chi connectivity index (χ1) is 4.84. The monoisotopic (exact) mass is 159 g/mol. The molecule has 0 bridgehead atoms. The van der Waals surface area contributed by atoms with Crippen LogP contribution in [0.3, 0.4) is 0 Å². The van der Waals surface area contributed by atoms with Gasteiger partial charge in [-0.15, -0.1) is 0 Å². The molecule has 1 rings (SSSR count). The Bertz CT molecular complexity index is 121. The van der Waals surface area contributed by atoms with Crippen LogP contribution in [0.2, 0.25) is 0 Å². The molecule has 0 N–H and O–H groups in total. The Morgan fingerprint density at radius 1 is 1.50 bits per heavy atom. The Morgan fingerprint density at radius 2 is 2.10 bits per heavy atom. The van der Waals surface area contributed by atoms with Gasteiger partial charge in [-0.2, -0.15) is 0 Å². The third-order valence-electron chi connectivity index (χ3n) is 1.63. The lowest BCUT2D eigenvalue weighted by atomic mass is 10.4. The van der Waals surface area contributed by atoms with E-state index in [1.807, 2.05) is 6.92 Å². The summed E-state index contributed by atoms with van der Waals surface area (Å²) >= 11 is 5.02. The van der Waals surface area contributed by atoms with E-state index in [0.29, 0.717) is 11.8 Å². The van der Waals surface area contributed by atoms with Gasteiger partial charge in [0.2, 0.25) is 0 Å². The quantitative estimate of drug-likeness (QED) is 0.537. The van der Waals surface area contributed by atoms with E-state index in [0.717, 1.165) is 13.1 Å². The summed E-state index contributed by atoms with van der Waals surface area (Å²) in [6.07, 6.45) is 2.51. The third kappa shape index (κ3) is 1.84. The highest BCUT2D eigenvalue weighted by atomic mass is 32.1. The van der Waals surface area contributed by atoms with Gasteiger partial charge in [0, 0.05) is 13.1 Å². The second-order valence-electron chi connectivity index (χ2n) is 2.39. The molecule has 1 fully saturated rings. The van der Waals surface area contributed by atoms with Crippen molar-refractivity contribution in [1.29, 1.82) is 0 Å². The van der Waals surface area contributed by atoms with Crippen molar-refractivity contribution in [2.45, 2.75) is 19.8 Å². The lowest BCUT2D eigenvalue weighted by Crippen LogP contribution is -2.27. The zero-order valence-corrected chi connectivity index (χ0v) is 7.12. The van der Waals surface area contributed by atoms with Crippen molar-refractivity contribution in [3.63, 3.8) is 0 Å². The maximum absolute atomic E-state index is 5.18. The summed E-state index contributed by atoms with van der Waals surface area (Å²) in [5, 5.41) is 0.681. The number of hydrogen-bond acceptors (Lipinski definition) is 2. The fourth-order valence-corrected chi connectivity index (χ4v) is 1.41. The smallest absolute Gasteiger partial charge is 0.259 e. The van der Waals surface area contributed by atoms with Gasteiger partial charge in [-0.3, -0.25) is 0 Å². The average molecular weight is 159 g/mol. The summed E-state index contributed by atoms with van der Waals surface area (Å²) in [5.74, 6) is 0. The molecule has 0 aromatic rings. The van der Waals surface area contributed by atoms with E-state index in [-0.39, 0.29) is 0 Å². The van der Waals surface area contributed by atoms with E-state index in [2.05, 4.69) is 4.90 Å². The maximum atomic E-state index is 5.18. The second-order valence-corrected chi connectivity index (χ2v) is 2.74. The lowest BCUT2D eigenvalue weighted by Gasteiger charge is -2.17. The Hall–Kier alpha value is -0.310. The number of likely N-dealkylation sites (tertiary alicyclic amines) is 1. The molecule has 0 unspecified atom stereocenters. The molecule has 0 amide bonds. The molecule has 3 heteroatoms. The summed E-state index contributed by atoms with van der Waals surface area (Å²) in [6, 6.07) is 0. The van der Waals surface area contributed by atoms with Crippen molar-refractivity contribution in [2.24, 2.45) is 0 Å². The Kier molecular flexibility index (Phi) is 2.93. The van der Waals surface area contributed by atoms with Crippen LogP contribution in [0.5, 0.6) is 0 Å². The van der Waals surface area contributed by atoms with E-state index in [9.17, 15) is 0 Å². The molecule has 1 heterocycles. The van der Waals surface area contributed by atoms with Crippen LogP contribution < -0.4 is 0 Å². The van der Waals surface area contributed by atoms with E-state index in [4.69, 9.17) is 17.0 Å². The largest absolute Gasteiger partial charge is 0.471 e. The first-order valence-corrected chi connectivity index (χ1v) is 4.17. The summed E-state index contributed by atoms with van der Waals surface area (Å²) in [7, 11) is 0. The van der Waals surface area contributed by atoms with E-state index >= 15 is 0 Å². The van der Waals surface area contributed by atoms with E-state index in [1.165, 1.54) is 12.8 Å². The van der Waals surface area contributed by atoms with Gasteiger partial charge in [0.15, 0.2) is 0 Å². The standard InChI is InChI=1S/C7H13NOS/c1-2-9-7(10)8-5-3-4-6-8/h2-6H2,1H3. The zero-order chi connectivity index (χ0) is 7.40. The topological polar surface area (TPSA) is 12.5 Å². The zero-order valence-electron chi connectivity index (χ0n) is 6.30.